The number of rotatable bonds is 10. The Morgan fingerprint density at radius 1 is 1.07 bits per heavy atom. The van der Waals surface area contributed by atoms with Gasteiger partial charge in [0.05, 0.1) is 5.88 Å². The molecule has 1 saturated carbocycles. The van der Waals surface area contributed by atoms with Crippen LogP contribution in [-0.4, -0.2) is 99.6 Å². The fourth-order valence-electron chi connectivity index (χ4n) is 6.06. The van der Waals surface area contributed by atoms with E-state index >= 15 is 0 Å². The van der Waals surface area contributed by atoms with E-state index in [4.69, 9.17) is 4.74 Å². The van der Waals surface area contributed by atoms with Crippen molar-refractivity contribution in [2.75, 3.05) is 43.3 Å². The van der Waals surface area contributed by atoms with Crippen LogP contribution in [0.2, 0.25) is 0 Å². The fraction of sp³-hybridized carbons (Fsp3) is 0.719. The summed E-state index contributed by atoms with van der Waals surface area (Å²) in [5.41, 5.74) is 0.655. The minimum absolute atomic E-state index is 0.00174. The average Bonchev–Trinajstić information content (AvgIpc) is 3.47. The van der Waals surface area contributed by atoms with Crippen molar-refractivity contribution in [1.29, 1.82) is 0 Å². The molecule has 3 aliphatic rings. The van der Waals surface area contributed by atoms with Crippen molar-refractivity contribution in [3.05, 3.63) is 35.9 Å². The fourth-order valence-corrected chi connectivity index (χ4v) is 8.46. The second-order valence-corrected chi connectivity index (χ2v) is 15.1. The SMILES string of the molecule is CN(Cc1ccccc1)C1CCN(C(=O)[C@H](CSCC2CCCCC2)NC(=O)[C@@H]2CSCN2C(=O)OC(C)(C)C)CC1. The summed E-state index contributed by atoms with van der Waals surface area (Å²) in [5.74, 6) is 2.92. The van der Waals surface area contributed by atoms with Crippen LogP contribution in [0, 0.1) is 5.92 Å². The van der Waals surface area contributed by atoms with Crippen molar-refractivity contribution < 1.29 is 19.1 Å². The van der Waals surface area contributed by atoms with Crippen LogP contribution in [0.4, 0.5) is 4.79 Å². The van der Waals surface area contributed by atoms with Gasteiger partial charge in [0.1, 0.15) is 17.7 Å². The van der Waals surface area contributed by atoms with Gasteiger partial charge in [-0.2, -0.15) is 11.8 Å². The highest BCUT2D eigenvalue weighted by Gasteiger charge is 2.39. The summed E-state index contributed by atoms with van der Waals surface area (Å²) in [7, 11) is 2.16. The molecule has 0 spiro atoms. The van der Waals surface area contributed by atoms with Gasteiger partial charge < -0.3 is 15.0 Å². The number of hydrogen-bond donors (Lipinski definition) is 1. The Kier molecular flexibility index (Phi) is 12.3. The maximum Gasteiger partial charge on any atom is 0.411 e. The zero-order valence-electron chi connectivity index (χ0n) is 25.9. The van der Waals surface area contributed by atoms with Gasteiger partial charge in [-0.15, -0.1) is 11.8 Å². The summed E-state index contributed by atoms with van der Waals surface area (Å²) in [6.07, 6.45) is 7.76. The van der Waals surface area contributed by atoms with Crippen LogP contribution >= 0.6 is 23.5 Å². The molecule has 0 unspecified atom stereocenters. The number of amides is 3. The number of hydrogen-bond acceptors (Lipinski definition) is 7. The van der Waals surface area contributed by atoms with Crippen molar-refractivity contribution in [3.8, 4) is 0 Å². The molecule has 1 aromatic rings. The number of ether oxygens (including phenoxy) is 1. The lowest BCUT2D eigenvalue weighted by Gasteiger charge is -2.38. The number of likely N-dealkylation sites (tertiary alicyclic amines) is 1. The van der Waals surface area contributed by atoms with Crippen LogP contribution in [0.15, 0.2) is 30.3 Å². The first-order chi connectivity index (χ1) is 20.1. The minimum Gasteiger partial charge on any atom is -0.444 e. The Morgan fingerprint density at radius 3 is 2.43 bits per heavy atom. The molecule has 0 bridgehead atoms. The lowest BCUT2D eigenvalue weighted by atomic mass is 9.91. The Labute approximate surface area is 261 Å². The van der Waals surface area contributed by atoms with E-state index < -0.39 is 23.8 Å². The highest BCUT2D eigenvalue weighted by molar-refractivity contribution is 7.99. The first-order valence-corrected chi connectivity index (χ1v) is 17.9. The summed E-state index contributed by atoms with van der Waals surface area (Å²) >= 11 is 3.32. The van der Waals surface area contributed by atoms with Crippen molar-refractivity contribution >= 4 is 41.4 Å². The normalized spacial score (nSPS) is 21.4. The lowest BCUT2D eigenvalue weighted by Crippen LogP contribution is -2.57. The standard InChI is InChI=1S/C32H50N4O4S2/c1-32(2,3)40-31(39)36-23-42-22-28(36)29(37)33-27(21-41-20-25-13-9-6-10-14-25)30(38)35-17-15-26(16-18-35)34(4)19-24-11-7-5-8-12-24/h5,7-8,11-12,25-28H,6,9-10,13-23H2,1-4H3,(H,33,37)/t27-,28-/m0/s1. The van der Waals surface area contributed by atoms with E-state index in [1.54, 1.807) is 11.8 Å². The third-order valence-corrected chi connectivity index (χ3v) is 10.8. The predicted octanol–water partition coefficient (Wildman–Crippen LogP) is 5.22. The maximum absolute atomic E-state index is 13.9. The van der Waals surface area contributed by atoms with E-state index in [-0.39, 0.29) is 11.8 Å². The smallest absolute Gasteiger partial charge is 0.411 e. The van der Waals surface area contributed by atoms with Crippen LogP contribution in [0.25, 0.3) is 0 Å². The molecule has 2 aliphatic heterocycles. The molecule has 1 N–H and O–H groups in total. The first kappa shape index (κ1) is 33.0. The largest absolute Gasteiger partial charge is 0.444 e. The van der Waals surface area contributed by atoms with Crippen LogP contribution in [0.1, 0.15) is 71.3 Å². The molecule has 0 radical (unpaired) electrons. The molecule has 3 amide bonds. The molecule has 234 valence electrons. The van der Waals surface area contributed by atoms with Gasteiger partial charge in [0.15, 0.2) is 0 Å². The van der Waals surface area contributed by atoms with E-state index in [1.165, 1.54) is 54.3 Å². The molecule has 3 fully saturated rings. The van der Waals surface area contributed by atoms with Gasteiger partial charge in [-0.05, 0) is 70.7 Å². The number of benzene rings is 1. The van der Waals surface area contributed by atoms with Crippen LogP contribution in [0.3, 0.4) is 0 Å². The average molecular weight is 619 g/mol. The summed E-state index contributed by atoms with van der Waals surface area (Å²) in [5, 5.41) is 3.08. The van der Waals surface area contributed by atoms with E-state index in [0.717, 1.165) is 25.1 Å². The minimum atomic E-state index is -0.638. The highest BCUT2D eigenvalue weighted by Crippen LogP contribution is 2.28. The summed E-state index contributed by atoms with van der Waals surface area (Å²) < 4.78 is 5.56. The number of nitrogens with one attached hydrogen (secondary N) is 1. The molecule has 2 atom stereocenters. The Morgan fingerprint density at radius 2 is 1.76 bits per heavy atom. The Hall–Kier alpha value is -1.91. The number of piperidine rings is 1. The molecule has 10 heteroatoms. The van der Waals surface area contributed by atoms with Gasteiger partial charge in [-0.25, -0.2) is 4.79 Å². The van der Waals surface area contributed by atoms with Gasteiger partial charge in [0, 0.05) is 37.2 Å². The summed E-state index contributed by atoms with van der Waals surface area (Å²) in [6.45, 7) is 7.73. The molecule has 1 aromatic carbocycles. The monoisotopic (exact) mass is 618 g/mol. The second kappa shape index (κ2) is 15.7. The number of thioether (sulfide) groups is 2. The van der Waals surface area contributed by atoms with Crippen LogP contribution < -0.4 is 5.32 Å². The summed E-state index contributed by atoms with van der Waals surface area (Å²) in [4.78, 5) is 46.1. The van der Waals surface area contributed by atoms with Crippen LogP contribution in [0.5, 0.6) is 0 Å². The molecule has 0 aromatic heterocycles. The maximum atomic E-state index is 13.9. The Bertz CT molecular complexity index is 1020. The zero-order chi connectivity index (χ0) is 30.1. The third kappa shape index (κ3) is 9.81. The van der Waals surface area contributed by atoms with Gasteiger partial charge in [0.25, 0.3) is 0 Å². The molecular formula is C32H50N4O4S2. The van der Waals surface area contributed by atoms with E-state index in [2.05, 4.69) is 41.5 Å². The number of carbonyl (C=O) groups excluding carboxylic acids is 3. The van der Waals surface area contributed by atoms with E-state index in [0.29, 0.717) is 42.4 Å². The lowest BCUT2D eigenvalue weighted by molar-refractivity contribution is -0.138. The Balaban J connectivity index is 1.35. The highest BCUT2D eigenvalue weighted by atomic mass is 32.2. The van der Waals surface area contributed by atoms with Gasteiger partial charge in [-0.3, -0.25) is 19.4 Å². The molecule has 4 rings (SSSR count). The second-order valence-electron chi connectivity index (χ2n) is 13.0. The van der Waals surface area contributed by atoms with E-state index in [1.807, 2.05) is 31.7 Å². The molecule has 42 heavy (non-hydrogen) atoms. The molecule has 1 aliphatic carbocycles. The number of nitrogens with zero attached hydrogens (tertiary/aromatic N) is 3. The van der Waals surface area contributed by atoms with Crippen LogP contribution in [-0.2, 0) is 20.9 Å². The van der Waals surface area contributed by atoms with Crippen molar-refractivity contribution in [1.82, 2.24) is 20.0 Å². The summed E-state index contributed by atoms with van der Waals surface area (Å²) in [6, 6.07) is 9.67. The topological polar surface area (TPSA) is 82.2 Å². The first-order valence-electron chi connectivity index (χ1n) is 15.6. The molecule has 8 nitrogen and oxygen atoms in total. The predicted molar refractivity (Wildman–Crippen MR) is 173 cm³/mol. The third-order valence-electron chi connectivity index (χ3n) is 8.46. The van der Waals surface area contributed by atoms with Gasteiger partial charge >= 0.3 is 6.09 Å². The van der Waals surface area contributed by atoms with Gasteiger partial charge in [0.2, 0.25) is 11.8 Å². The zero-order valence-corrected chi connectivity index (χ0v) is 27.5. The quantitative estimate of drug-likeness (QED) is 0.385. The van der Waals surface area contributed by atoms with Crippen molar-refractivity contribution in [2.24, 2.45) is 5.92 Å². The molecular weight excluding hydrogens is 569 g/mol. The molecule has 2 saturated heterocycles. The van der Waals surface area contributed by atoms with E-state index in [9.17, 15) is 14.4 Å². The van der Waals surface area contributed by atoms with Crippen molar-refractivity contribution in [2.45, 2.75) is 96.0 Å². The molecule has 2 heterocycles. The van der Waals surface area contributed by atoms with Crippen molar-refractivity contribution in [3.63, 3.8) is 0 Å². The van der Waals surface area contributed by atoms with Gasteiger partial charge in [-0.1, -0.05) is 49.6 Å². The number of carbonyl (C=O) groups is 3.